The molecule has 1 aliphatic heterocycles. The van der Waals surface area contributed by atoms with Crippen molar-refractivity contribution in [1.82, 2.24) is 10.6 Å². The van der Waals surface area contributed by atoms with E-state index in [0.29, 0.717) is 16.4 Å². The van der Waals surface area contributed by atoms with Crippen LogP contribution in [-0.4, -0.2) is 11.9 Å². The van der Waals surface area contributed by atoms with Crippen LogP contribution in [0.2, 0.25) is 5.02 Å². The number of urea groups is 1. The first kappa shape index (κ1) is 17.0. The number of rotatable bonds is 3. The maximum absolute atomic E-state index is 14.2. The first-order valence-corrected chi connectivity index (χ1v) is 7.93. The van der Waals surface area contributed by atoms with E-state index < -0.39 is 23.8 Å². The molecule has 3 amide bonds. The summed E-state index contributed by atoms with van der Waals surface area (Å²) in [7, 11) is 0. The van der Waals surface area contributed by atoms with Crippen molar-refractivity contribution in [1.29, 1.82) is 0 Å². The van der Waals surface area contributed by atoms with Crippen molar-refractivity contribution in [2.24, 2.45) is 0 Å². The van der Waals surface area contributed by atoms with E-state index in [1.165, 1.54) is 12.1 Å². The number of nitrogens with one attached hydrogen (secondary N) is 3. The van der Waals surface area contributed by atoms with Gasteiger partial charge in [0.1, 0.15) is 5.82 Å². The van der Waals surface area contributed by atoms with Gasteiger partial charge in [-0.2, -0.15) is 0 Å². The van der Waals surface area contributed by atoms with Gasteiger partial charge in [0.25, 0.3) is 5.91 Å². The zero-order chi connectivity index (χ0) is 18.0. The summed E-state index contributed by atoms with van der Waals surface area (Å²) in [4.78, 5) is 24.6. The molecule has 128 valence electrons. The van der Waals surface area contributed by atoms with Crippen LogP contribution in [0.3, 0.4) is 0 Å². The zero-order valence-corrected chi connectivity index (χ0v) is 14.0. The van der Waals surface area contributed by atoms with E-state index in [1.807, 2.05) is 0 Å². The molecular weight excluding hydrogens is 345 g/mol. The van der Waals surface area contributed by atoms with Gasteiger partial charge < -0.3 is 16.0 Å². The number of benzene rings is 2. The van der Waals surface area contributed by atoms with E-state index in [9.17, 15) is 14.0 Å². The number of carbonyl (C=O) groups excluding carboxylic acids is 2. The summed E-state index contributed by atoms with van der Waals surface area (Å²) >= 11 is 5.84. The zero-order valence-electron chi connectivity index (χ0n) is 13.3. The summed E-state index contributed by atoms with van der Waals surface area (Å²) in [6, 6.07) is 11.2. The molecule has 7 heteroatoms. The Balaban J connectivity index is 1.96. The minimum absolute atomic E-state index is 0.220. The first-order valence-electron chi connectivity index (χ1n) is 7.55. The SMILES string of the molecule is CC1=C(C(=O)Nc2ccc(Cl)cc2)C(c2ccccc2F)NC(=O)N1. The summed E-state index contributed by atoms with van der Waals surface area (Å²) < 4.78 is 14.2. The van der Waals surface area contributed by atoms with Gasteiger partial charge in [0.05, 0.1) is 11.6 Å². The predicted octanol–water partition coefficient (Wildman–Crippen LogP) is 3.75. The number of amides is 3. The maximum atomic E-state index is 14.2. The van der Waals surface area contributed by atoms with Gasteiger partial charge in [-0.05, 0) is 37.3 Å². The molecule has 0 radical (unpaired) electrons. The van der Waals surface area contributed by atoms with Crippen LogP contribution in [0.15, 0.2) is 59.8 Å². The lowest BCUT2D eigenvalue weighted by Gasteiger charge is -2.28. The highest BCUT2D eigenvalue weighted by Crippen LogP contribution is 2.29. The Morgan fingerprint density at radius 2 is 1.84 bits per heavy atom. The molecule has 0 fully saturated rings. The topological polar surface area (TPSA) is 70.2 Å². The summed E-state index contributed by atoms with van der Waals surface area (Å²) in [6.45, 7) is 1.60. The van der Waals surface area contributed by atoms with Gasteiger partial charge in [-0.3, -0.25) is 4.79 Å². The van der Waals surface area contributed by atoms with Crippen LogP contribution in [0.25, 0.3) is 0 Å². The third-order valence-corrected chi connectivity index (χ3v) is 4.08. The number of hydrogen-bond acceptors (Lipinski definition) is 2. The molecule has 0 aliphatic carbocycles. The number of hydrogen-bond donors (Lipinski definition) is 3. The van der Waals surface area contributed by atoms with Crippen molar-refractivity contribution in [3.8, 4) is 0 Å². The molecule has 5 nitrogen and oxygen atoms in total. The van der Waals surface area contributed by atoms with E-state index in [-0.39, 0.29) is 11.1 Å². The summed E-state index contributed by atoms with van der Waals surface area (Å²) in [5, 5.41) is 8.43. The second kappa shape index (κ2) is 6.94. The Bertz CT molecular complexity index is 865. The minimum Gasteiger partial charge on any atom is -0.327 e. The minimum atomic E-state index is -0.887. The standard InChI is InChI=1S/C18H15ClFN3O2/c1-10-15(17(24)22-12-8-6-11(19)7-9-12)16(23-18(25)21-10)13-4-2-3-5-14(13)20/h2-9,16H,1H3,(H,22,24)(H2,21,23,25). The Morgan fingerprint density at radius 3 is 2.52 bits per heavy atom. The number of halogens is 2. The molecule has 1 unspecified atom stereocenters. The molecule has 0 bridgehead atoms. The molecule has 1 atom stereocenters. The van der Waals surface area contributed by atoms with Crippen LogP contribution >= 0.6 is 11.6 Å². The number of anilines is 1. The van der Waals surface area contributed by atoms with Gasteiger partial charge in [0.15, 0.2) is 0 Å². The average molecular weight is 360 g/mol. The highest BCUT2D eigenvalue weighted by molar-refractivity contribution is 6.30. The highest BCUT2D eigenvalue weighted by Gasteiger charge is 2.32. The number of carbonyl (C=O) groups is 2. The van der Waals surface area contributed by atoms with Crippen LogP contribution in [0.1, 0.15) is 18.5 Å². The maximum Gasteiger partial charge on any atom is 0.319 e. The molecule has 0 saturated carbocycles. The van der Waals surface area contributed by atoms with Gasteiger partial charge in [-0.1, -0.05) is 29.8 Å². The van der Waals surface area contributed by atoms with Gasteiger partial charge in [-0.25, -0.2) is 9.18 Å². The van der Waals surface area contributed by atoms with Crippen molar-refractivity contribution >= 4 is 29.2 Å². The second-order valence-electron chi connectivity index (χ2n) is 5.55. The normalized spacial score (nSPS) is 16.9. The van der Waals surface area contributed by atoms with Crippen LogP contribution < -0.4 is 16.0 Å². The first-order chi connectivity index (χ1) is 12.0. The van der Waals surface area contributed by atoms with Gasteiger partial charge in [0.2, 0.25) is 0 Å². The van der Waals surface area contributed by atoms with E-state index in [4.69, 9.17) is 11.6 Å². The lowest BCUT2D eigenvalue weighted by Crippen LogP contribution is -2.46. The quantitative estimate of drug-likeness (QED) is 0.781. The molecule has 0 saturated heterocycles. The summed E-state index contributed by atoms with van der Waals surface area (Å²) in [6.07, 6.45) is 0. The van der Waals surface area contributed by atoms with Gasteiger partial charge in [0, 0.05) is 22.0 Å². The summed E-state index contributed by atoms with van der Waals surface area (Å²) in [5.41, 5.74) is 1.36. The molecule has 1 heterocycles. The average Bonchev–Trinajstić information content (AvgIpc) is 2.56. The molecule has 25 heavy (non-hydrogen) atoms. The van der Waals surface area contributed by atoms with Gasteiger partial charge in [-0.15, -0.1) is 0 Å². The van der Waals surface area contributed by atoms with Crippen LogP contribution in [0.4, 0.5) is 14.9 Å². The fourth-order valence-electron chi connectivity index (χ4n) is 2.67. The Labute approximate surface area is 148 Å². The molecule has 1 aliphatic rings. The molecule has 3 rings (SSSR count). The van der Waals surface area contributed by atoms with Crippen LogP contribution in [0, 0.1) is 5.82 Å². The molecule has 0 aromatic heterocycles. The Kier molecular flexibility index (Phi) is 4.72. The van der Waals surface area contributed by atoms with Crippen molar-refractivity contribution in [2.45, 2.75) is 13.0 Å². The Hall–Kier alpha value is -2.86. The fourth-order valence-corrected chi connectivity index (χ4v) is 2.79. The molecule has 2 aromatic carbocycles. The molecule has 2 aromatic rings. The van der Waals surface area contributed by atoms with Gasteiger partial charge >= 0.3 is 6.03 Å². The summed E-state index contributed by atoms with van der Waals surface area (Å²) in [5.74, 6) is -0.945. The van der Waals surface area contributed by atoms with Crippen molar-refractivity contribution in [2.75, 3.05) is 5.32 Å². The third kappa shape index (κ3) is 3.64. The van der Waals surface area contributed by atoms with E-state index in [1.54, 1.807) is 43.3 Å². The van der Waals surface area contributed by atoms with Crippen LogP contribution in [0.5, 0.6) is 0 Å². The Morgan fingerprint density at radius 1 is 1.16 bits per heavy atom. The predicted molar refractivity (Wildman–Crippen MR) is 93.6 cm³/mol. The van der Waals surface area contributed by atoms with Crippen LogP contribution in [-0.2, 0) is 4.79 Å². The van der Waals surface area contributed by atoms with Crippen molar-refractivity contribution in [3.05, 3.63) is 76.2 Å². The molecule has 0 spiro atoms. The molecular formula is C18H15ClFN3O2. The fraction of sp³-hybridized carbons (Fsp3) is 0.111. The van der Waals surface area contributed by atoms with E-state index >= 15 is 0 Å². The smallest absolute Gasteiger partial charge is 0.319 e. The lowest BCUT2D eigenvalue weighted by molar-refractivity contribution is -0.113. The highest BCUT2D eigenvalue weighted by atomic mass is 35.5. The second-order valence-corrected chi connectivity index (χ2v) is 5.99. The van der Waals surface area contributed by atoms with E-state index in [0.717, 1.165) is 0 Å². The molecule has 3 N–H and O–H groups in total. The van der Waals surface area contributed by atoms with Crippen molar-refractivity contribution in [3.63, 3.8) is 0 Å². The lowest BCUT2D eigenvalue weighted by atomic mass is 9.94. The van der Waals surface area contributed by atoms with E-state index in [2.05, 4.69) is 16.0 Å². The van der Waals surface area contributed by atoms with Crippen molar-refractivity contribution < 1.29 is 14.0 Å². The third-order valence-electron chi connectivity index (χ3n) is 3.83. The largest absolute Gasteiger partial charge is 0.327 e. The monoisotopic (exact) mass is 359 g/mol. The number of allylic oxidation sites excluding steroid dienone is 1.